The molecule has 3 heteroatoms. The van der Waals surface area contributed by atoms with Gasteiger partial charge in [-0.3, -0.25) is 4.79 Å². The molecule has 1 rings (SSSR count). The van der Waals surface area contributed by atoms with Crippen LogP contribution in [0.4, 0.5) is 0 Å². The van der Waals surface area contributed by atoms with Crippen molar-refractivity contribution in [1.29, 1.82) is 0 Å². The normalized spacial score (nSPS) is 23.9. The van der Waals surface area contributed by atoms with E-state index in [2.05, 4.69) is 6.92 Å². The van der Waals surface area contributed by atoms with E-state index in [0.717, 1.165) is 32.4 Å². The van der Waals surface area contributed by atoms with Gasteiger partial charge in [-0.1, -0.05) is 20.3 Å². The summed E-state index contributed by atoms with van der Waals surface area (Å²) in [7, 11) is 0. The van der Waals surface area contributed by atoms with E-state index in [-0.39, 0.29) is 5.92 Å². The van der Waals surface area contributed by atoms with Gasteiger partial charge in [0.05, 0.1) is 0 Å². The molecule has 1 fully saturated rings. The molecule has 3 nitrogen and oxygen atoms in total. The number of carbonyl (C=O) groups excluding carboxylic acids is 1. The molecule has 0 aliphatic carbocycles. The molecule has 2 unspecified atom stereocenters. The number of likely N-dealkylation sites (tertiary alicyclic amines) is 1. The molecular weight excluding hydrogens is 188 g/mol. The van der Waals surface area contributed by atoms with Crippen LogP contribution in [0.1, 0.15) is 39.5 Å². The van der Waals surface area contributed by atoms with Gasteiger partial charge in [0.1, 0.15) is 0 Å². The van der Waals surface area contributed by atoms with Gasteiger partial charge in [0.25, 0.3) is 0 Å². The van der Waals surface area contributed by atoms with Crippen molar-refractivity contribution in [3.05, 3.63) is 0 Å². The van der Waals surface area contributed by atoms with Crippen LogP contribution in [0.5, 0.6) is 0 Å². The largest absolute Gasteiger partial charge is 0.342 e. The number of amides is 1. The fourth-order valence-corrected chi connectivity index (χ4v) is 2.33. The number of piperidine rings is 1. The second-order valence-corrected chi connectivity index (χ2v) is 4.72. The molecular formula is C12H24N2O. The molecule has 1 heterocycles. The SMILES string of the molecule is CCCC(C)C(=O)N1CCCC(CN)C1. The minimum absolute atomic E-state index is 0.187. The predicted octanol–water partition coefficient (Wildman–Crippen LogP) is 1.62. The first-order valence-corrected chi connectivity index (χ1v) is 6.17. The van der Waals surface area contributed by atoms with Gasteiger partial charge in [-0.15, -0.1) is 0 Å². The maximum absolute atomic E-state index is 12.0. The zero-order chi connectivity index (χ0) is 11.3. The first-order valence-electron chi connectivity index (χ1n) is 6.17. The van der Waals surface area contributed by atoms with Gasteiger partial charge < -0.3 is 10.6 Å². The fraction of sp³-hybridized carbons (Fsp3) is 0.917. The molecule has 2 N–H and O–H groups in total. The molecule has 1 aliphatic heterocycles. The summed E-state index contributed by atoms with van der Waals surface area (Å²) in [4.78, 5) is 14.0. The second-order valence-electron chi connectivity index (χ2n) is 4.72. The van der Waals surface area contributed by atoms with Gasteiger partial charge in [0.2, 0.25) is 5.91 Å². The second kappa shape index (κ2) is 6.11. The summed E-state index contributed by atoms with van der Waals surface area (Å²) in [6.45, 7) is 6.69. The molecule has 1 amide bonds. The van der Waals surface area contributed by atoms with E-state index in [4.69, 9.17) is 5.73 Å². The number of carbonyl (C=O) groups is 1. The summed E-state index contributed by atoms with van der Waals surface area (Å²) in [5.74, 6) is 1.04. The molecule has 0 bridgehead atoms. The number of nitrogens with zero attached hydrogens (tertiary/aromatic N) is 1. The molecule has 0 spiro atoms. The van der Waals surface area contributed by atoms with Gasteiger partial charge in [0.15, 0.2) is 0 Å². The van der Waals surface area contributed by atoms with Gasteiger partial charge in [-0.05, 0) is 31.7 Å². The minimum Gasteiger partial charge on any atom is -0.342 e. The molecule has 0 radical (unpaired) electrons. The lowest BCUT2D eigenvalue weighted by Crippen LogP contribution is -2.44. The van der Waals surface area contributed by atoms with Crippen molar-refractivity contribution in [1.82, 2.24) is 4.90 Å². The van der Waals surface area contributed by atoms with Crippen LogP contribution >= 0.6 is 0 Å². The Bertz CT molecular complexity index is 206. The molecule has 0 aromatic rings. The Balaban J connectivity index is 2.44. The van der Waals surface area contributed by atoms with Crippen LogP contribution in [0.25, 0.3) is 0 Å². The molecule has 1 saturated heterocycles. The summed E-state index contributed by atoms with van der Waals surface area (Å²) in [6.07, 6.45) is 4.39. The van der Waals surface area contributed by atoms with E-state index >= 15 is 0 Å². The lowest BCUT2D eigenvalue weighted by atomic mass is 9.96. The topological polar surface area (TPSA) is 46.3 Å². The lowest BCUT2D eigenvalue weighted by Gasteiger charge is -2.33. The Morgan fingerprint density at radius 2 is 2.33 bits per heavy atom. The molecule has 1 aliphatic rings. The van der Waals surface area contributed by atoms with Crippen molar-refractivity contribution in [3.8, 4) is 0 Å². The zero-order valence-electron chi connectivity index (χ0n) is 10.0. The third kappa shape index (κ3) is 3.49. The van der Waals surface area contributed by atoms with Crippen LogP contribution in [0.3, 0.4) is 0 Å². The van der Waals surface area contributed by atoms with Crippen LogP contribution in [-0.4, -0.2) is 30.4 Å². The van der Waals surface area contributed by atoms with Crippen molar-refractivity contribution in [3.63, 3.8) is 0 Å². The van der Waals surface area contributed by atoms with Crippen LogP contribution in [-0.2, 0) is 4.79 Å². The van der Waals surface area contributed by atoms with Crippen LogP contribution in [0, 0.1) is 11.8 Å². The average Bonchev–Trinajstić information content (AvgIpc) is 2.28. The van der Waals surface area contributed by atoms with Gasteiger partial charge in [0, 0.05) is 19.0 Å². The predicted molar refractivity (Wildman–Crippen MR) is 62.4 cm³/mol. The van der Waals surface area contributed by atoms with E-state index in [1.54, 1.807) is 0 Å². The van der Waals surface area contributed by atoms with E-state index in [1.165, 1.54) is 6.42 Å². The van der Waals surface area contributed by atoms with Gasteiger partial charge in [-0.25, -0.2) is 0 Å². The molecule has 0 aromatic heterocycles. The quantitative estimate of drug-likeness (QED) is 0.769. The Labute approximate surface area is 93.0 Å². The van der Waals surface area contributed by atoms with Gasteiger partial charge >= 0.3 is 0 Å². The Hall–Kier alpha value is -0.570. The van der Waals surface area contributed by atoms with E-state index in [0.29, 0.717) is 18.4 Å². The Morgan fingerprint density at radius 1 is 1.60 bits per heavy atom. The van der Waals surface area contributed by atoms with Crippen molar-refractivity contribution in [2.24, 2.45) is 17.6 Å². The molecule has 88 valence electrons. The number of rotatable bonds is 4. The first kappa shape index (κ1) is 12.5. The summed E-state index contributed by atoms with van der Waals surface area (Å²) in [6, 6.07) is 0. The summed E-state index contributed by atoms with van der Waals surface area (Å²) >= 11 is 0. The fourth-order valence-electron chi connectivity index (χ4n) is 2.33. The van der Waals surface area contributed by atoms with Crippen molar-refractivity contribution in [2.45, 2.75) is 39.5 Å². The monoisotopic (exact) mass is 212 g/mol. The smallest absolute Gasteiger partial charge is 0.225 e. The summed E-state index contributed by atoms with van der Waals surface area (Å²) < 4.78 is 0. The average molecular weight is 212 g/mol. The lowest BCUT2D eigenvalue weighted by molar-refractivity contribution is -0.137. The van der Waals surface area contributed by atoms with Crippen LogP contribution in [0.15, 0.2) is 0 Å². The third-order valence-corrected chi connectivity index (χ3v) is 3.31. The highest BCUT2D eigenvalue weighted by atomic mass is 16.2. The number of nitrogens with two attached hydrogens (primary N) is 1. The third-order valence-electron chi connectivity index (χ3n) is 3.31. The van der Waals surface area contributed by atoms with Crippen LogP contribution in [0.2, 0.25) is 0 Å². The molecule has 15 heavy (non-hydrogen) atoms. The molecule has 2 atom stereocenters. The van der Waals surface area contributed by atoms with Crippen molar-refractivity contribution >= 4 is 5.91 Å². The van der Waals surface area contributed by atoms with E-state index in [1.807, 2.05) is 11.8 Å². The number of hydrogen-bond donors (Lipinski definition) is 1. The van der Waals surface area contributed by atoms with Crippen molar-refractivity contribution < 1.29 is 4.79 Å². The zero-order valence-corrected chi connectivity index (χ0v) is 10.0. The van der Waals surface area contributed by atoms with Crippen LogP contribution < -0.4 is 5.73 Å². The maximum atomic E-state index is 12.0. The Kier molecular flexibility index (Phi) is 5.09. The standard InChI is InChI=1S/C12H24N2O/c1-3-5-10(2)12(15)14-7-4-6-11(8-13)9-14/h10-11H,3-9,13H2,1-2H3. The van der Waals surface area contributed by atoms with E-state index < -0.39 is 0 Å². The highest BCUT2D eigenvalue weighted by Gasteiger charge is 2.25. The summed E-state index contributed by atoms with van der Waals surface area (Å²) in [5.41, 5.74) is 5.66. The number of hydrogen-bond acceptors (Lipinski definition) is 2. The van der Waals surface area contributed by atoms with E-state index in [9.17, 15) is 4.79 Å². The highest BCUT2D eigenvalue weighted by Crippen LogP contribution is 2.18. The molecule has 0 aromatic carbocycles. The summed E-state index contributed by atoms with van der Waals surface area (Å²) in [5, 5.41) is 0. The maximum Gasteiger partial charge on any atom is 0.225 e. The van der Waals surface area contributed by atoms with Crippen molar-refractivity contribution in [2.75, 3.05) is 19.6 Å². The Morgan fingerprint density at radius 3 is 2.93 bits per heavy atom. The highest BCUT2D eigenvalue weighted by molar-refractivity contribution is 5.78. The van der Waals surface area contributed by atoms with Gasteiger partial charge in [-0.2, -0.15) is 0 Å². The molecule has 0 saturated carbocycles. The first-order chi connectivity index (χ1) is 7.19. The minimum atomic E-state index is 0.187.